The van der Waals surface area contributed by atoms with E-state index >= 15 is 0 Å². The lowest BCUT2D eigenvalue weighted by Crippen LogP contribution is -2.35. The van der Waals surface area contributed by atoms with Gasteiger partial charge in [0.25, 0.3) is 11.6 Å². The molecule has 116 valence electrons. The zero-order chi connectivity index (χ0) is 15.8. The largest absolute Gasteiger partial charge is 0.349 e. The number of carbonyl (C=O) groups excluding carboxylic acids is 1. The topological polar surface area (TPSA) is 72.2 Å². The van der Waals surface area contributed by atoms with Gasteiger partial charge in [0.1, 0.15) is 4.47 Å². The maximum absolute atomic E-state index is 12.3. The van der Waals surface area contributed by atoms with Crippen molar-refractivity contribution in [3.05, 3.63) is 38.3 Å². The zero-order valence-corrected chi connectivity index (χ0v) is 14.0. The molecule has 1 aromatic carbocycles. The summed E-state index contributed by atoms with van der Waals surface area (Å²) in [4.78, 5) is 22.7. The lowest BCUT2D eigenvalue weighted by molar-refractivity contribution is -0.385. The quantitative estimate of drug-likeness (QED) is 0.552. The highest BCUT2D eigenvalue weighted by molar-refractivity contribution is 9.10. The van der Waals surface area contributed by atoms with E-state index in [-0.39, 0.29) is 22.1 Å². The monoisotopic (exact) mass is 356 g/mol. The second kappa shape index (κ2) is 8.77. The van der Waals surface area contributed by atoms with Crippen molar-refractivity contribution in [1.29, 1.82) is 0 Å². The van der Waals surface area contributed by atoms with E-state index in [4.69, 9.17) is 0 Å². The predicted molar refractivity (Wildman–Crippen MR) is 86.5 cm³/mol. The average molecular weight is 357 g/mol. The second-order valence-electron chi connectivity index (χ2n) is 5.00. The van der Waals surface area contributed by atoms with Crippen LogP contribution in [0.25, 0.3) is 0 Å². The van der Waals surface area contributed by atoms with Crippen molar-refractivity contribution in [3.8, 4) is 0 Å². The molecule has 0 bridgehead atoms. The minimum atomic E-state index is -0.499. The third-order valence-corrected chi connectivity index (χ3v) is 4.13. The van der Waals surface area contributed by atoms with E-state index < -0.39 is 4.92 Å². The van der Waals surface area contributed by atoms with E-state index in [0.29, 0.717) is 5.56 Å². The molecule has 0 fully saturated rings. The Balaban J connectivity index is 2.87. The Kier molecular flexibility index (Phi) is 7.36. The van der Waals surface area contributed by atoms with E-state index in [1.165, 1.54) is 12.1 Å². The summed E-state index contributed by atoms with van der Waals surface area (Å²) >= 11 is 3.16. The number of amides is 1. The first-order valence-corrected chi connectivity index (χ1v) is 8.04. The SMILES string of the molecule is CCCCC(CCC)NC(=O)c1cccc([N+](=O)[O-])c1Br. The van der Waals surface area contributed by atoms with Crippen molar-refractivity contribution in [3.63, 3.8) is 0 Å². The summed E-state index contributed by atoms with van der Waals surface area (Å²) in [5.74, 6) is -0.264. The van der Waals surface area contributed by atoms with E-state index in [1.807, 2.05) is 0 Å². The first-order chi connectivity index (χ1) is 10.0. The highest BCUT2D eigenvalue weighted by atomic mass is 79.9. The van der Waals surface area contributed by atoms with Gasteiger partial charge in [-0.05, 0) is 34.8 Å². The highest BCUT2D eigenvalue weighted by Crippen LogP contribution is 2.28. The Morgan fingerprint density at radius 1 is 1.33 bits per heavy atom. The van der Waals surface area contributed by atoms with Crippen molar-refractivity contribution in [2.75, 3.05) is 0 Å². The van der Waals surface area contributed by atoms with Gasteiger partial charge in [0, 0.05) is 12.1 Å². The molecular weight excluding hydrogens is 336 g/mol. The van der Waals surface area contributed by atoms with E-state index in [1.54, 1.807) is 6.07 Å². The maximum atomic E-state index is 12.3. The number of nitro groups is 1. The summed E-state index contributed by atoms with van der Waals surface area (Å²) in [6, 6.07) is 4.61. The smallest absolute Gasteiger partial charge is 0.284 e. The van der Waals surface area contributed by atoms with Crippen molar-refractivity contribution in [1.82, 2.24) is 5.32 Å². The number of nitrogens with zero attached hydrogens (tertiary/aromatic N) is 1. The molecule has 1 aromatic rings. The Morgan fingerprint density at radius 3 is 2.62 bits per heavy atom. The molecule has 0 spiro atoms. The number of halogens is 1. The van der Waals surface area contributed by atoms with Crippen LogP contribution in [0.1, 0.15) is 56.3 Å². The minimum Gasteiger partial charge on any atom is -0.349 e. The van der Waals surface area contributed by atoms with E-state index in [2.05, 4.69) is 35.1 Å². The molecule has 0 saturated heterocycles. The number of rotatable bonds is 8. The van der Waals surface area contributed by atoms with Crippen molar-refractivity contribution in [2.24, 2.45) is 0 Å². The summed E-state index contributed by atoms with van der Waals surface area (Å²) in [5.41, 5.74) is 0.213. The van der Waals surface area contributed by atoms with Crippen LogP contribution in [-0.2, 0) is 0 Å². The predicted octanol–water partition coefficient (Wildman–Crippen LogP) is 4.45. The molecule has 5 nitrogen and oxygen atoms in total. The standard InChI is InChI=1S/C15H21BrN2O3/c1-3-5-8-11(7-4-2)17-15(19)12-9-6-10-13(14(12)16)18(20)21/h6,9-11H,3-5,7-8H2,1-2H3,(H,17,19). The molecule has 1 N–H and O–H groups in total. The van der Waals surface area contributed by atoms with Crippen LogP contribution >= 0.6 is 15.9 Å². The van der Waals surface area contributed by atoms with Gasteiger partial charge in [0.15, 0.2) is 0 Å². The van der Waals surface area contributed by atoms with Gasteiger partial charge in [-0.15, -0.1) is 0 Å². The zero-order valence-electron chi connectivity index (χ0n) is 12.4. The molecule has 0 aliphatic carbocycles. The molecule has 0 saturated carbocycles. The third kappa shape index (κ3) is 5.12. The fourth-order valence-electron chi connectivity index (χ4n) is 2.19. The number of nitrogens with one attached hydrogen (secondary N) is 1. The van der Waals surface area contributed by atoms with Gasteiger partial charge in [-0.1, -0.05) is 39.2 Å². The van der Waals surface area contributed by atoms with Gasteiger partial charge in [-0.3, -0.25) is 14.9 Å². The fraction of sp³-hybridized carbons (Fsp3) is 0.533. The van der Waals surface area contributed by atoms with Crippen LogP contribution in [0.2, 0.25) is 0 Å². The first-order valence-electron chi connectivity index (χ1n) is 7.25. The summed E-state index contributed by atoms with van der Waals surface area (Å²) in [6.07, 6.45) is 4.98. The third-order valence-electron chi connectivity index (χ3n) is 3.30. The van der Waals surface area contributed by atoms with Crippen LogP contribution in [0.15, 0.2) is 22.7 Å². The van der Waals surface area contributed by atoms with Gasteiger partial charge in [0.2, 0.25) is 0 Å². The molecule has 0 aliphatic heterocycles. The van der Waals surface area contributed by atoms with Crippen LogP contribution in [0.4, 0.5) is 5.69 Å². The molecule has 0 aromatic heterocycles. The minimum absolute atomic E-state index is 0.0942. The van der Waals surface area contributed by atoms with Crippen LogP contribution in [0, 0.1) is 10.1 Å². The molecule has 0 radical (unpaired) electrons. The Bertz CT molecular complexity index is 506. The number of carbonyl (C=O) groups is 1. The normalized spacial score (nSPS) is 12.0. The summed E-state index contributed by atoms with van der Waals surface area (Å²) in [7, 11) is 0. The van der Waals surface area contributed by atoms with E-state index in [0.717, 1.165) is 32.1 Å². The van der Waals surface area contributed by atoms with Crippen LogP contribution < -0.4 is 5.32 Å². The summed E-state index contributed by atoms with van der Waals surface area (Å²) in [5, 5.41) is 13.9. The number of unbranched alkanes of at least 4 members (excludes halogenated alkanes) is 1. The Hall–Kier alpha value is -1.43. The molecule has 21 heavy (non-hydrogen) atoms. The molecule has 1 unspecified atom stereocenters. The lowest BCUT2D eigenvalue weighted by atomic mass is 10.0. The van der Waals surface area contributed by atoms with E-state index in [9.17, 15) is 14.9 Å². The van der Waals surface area contributed by atoms with Crippen molar-refractivity contribution >= 4 is 27.5 Å². The Labute approximate surface area is 133 Å². The molecule has 0 heterocycles. The second-order valence-corrected chi connectivity index (χ2v) is 5.79. The van der Waals surface area contributed by atoms with Gasteiger partial charge in [0.05, 0.1) is 10.5 Å². The lowest BCUT2D eigenvalue weighted by Gasteiger charge is -2.18. The number of hydrogen-bond acceptors (Lipinski definition) is 3. The van der Waals surface area contributed by atoms with Crippen molar-refractivity contribution < 1.29 is 9.72 Å². The van der Waals surface area contributed by atoms with Gasteiger partial charge in [-0.25, -0.2) is 0 Å². The first kappa shape index (κ1) is 17.6. The van der Waals surface area contributed by atoms with Crippen LogP contribution in [-0.4, -0.2) is 16.9 Å². The maximum Gasteiger partial charge on any atom is 0.284 e. The van der Waals surface area contributed by atoms with Gasteiger partial charge in [-0.2, -0.15) is 0 Å². The number of nitro benzene ring substituents is 1. The van der Waals surface area contributed by atoms with Crippen molar-refractivity contribution in [2.45, 2.75) is 52.0 Å². The number of hydrogen-bond donors (Lipinski definition) is 1. The van der Waals surface area contributed by atoms with Crippen LogP contribution in [0.5, 0.6) is 0 Å². The molecule has 1 rings (SSSR count). The fourth-order valence-corrected chi connectivity index (χ4v) is 2.78. The van der Waals surface area contributed by atoms with Gasteiger partial charge < -0.3 is 5.32 Å². The summed E-state index contributed by atoms with van der Waals surface area (Å²) < 4.78 is 0.234. The van der Waals surface area contributed by atoms with Gasteiger partial charge >= 0.3 is 0 Å². The highest BCUT2D eigenvalue weighted by Gasteiger charge is 2.21. The van der Waals surface area contributed by atoms with Crippen LogP contribution in [0.3, 0.4) is 0 Å². The Morgan fingerprint density at radius 2 is 2.05 bits per heavy atom. The molecular formula is C15H21BrN2O3. The molecule has 1 atom stereocenters. The molecule has 1 amide bonds. The summed E-state index contributed by atoms with van der Waals surface area (Å²) in [6.45, 7) is 4.19. The molecule has 0 aliphatic rings. The molecule has 6 heteroatoms. The average Bonchev–Trinajstić information content (AvgIpc) is 2.44. The number of benzene rings is 1.